The van der Waals surface area contributed by atoms with Gasteiger partial charge in [0.25, 0.3) is 0 Å². The van der Waals surface area contributed by atoms with Gasteiger partial charge in [-0.15, -0.1) is 0 Å². The Balaban J connectivity index is 1.76. The fraction of sp³-hybridized carbons (Fsp3) is 0.250. The minimum atomic E-state index is 0.817. The first-order chi connectivity index (χ1) is 11.3. The van der Waals surface area contributed by atoms with Gasteiger partial charge in [-0.2, -0.15) is 0 Å². The molecular formula is C20H20N2O. The summed E-state index contributed by atoms with van der Waals surface area (Å²) >= 11 is 0. The number of hydrogen-bond acceptors (Lipinski definition) is 3. The van der Waals surface area contributed by atoms with Crippen LogP contribution in [0.5, 0.6) is 0 Å². The van der Waals surface area contributed by atoms with Crippen molar-refractivity contribution in [3.8, 4) is 11.1 Å². The van der Waals surface area contributed by atoms with Crippen LogP contribution in [0.4, 0.5) is 5.69 Å². The lowest BCUT2D eigenvalue weighted by molar-refractivity contribution is 0.122. The first-order valence-corrected chi connectivity index (χ1v) is 8.09. The molecule has 3 nitrogen and oxygen atoms in total. The van der Waals surface area contributed by atoms with Crippen molar-refractivity contribution < 1.29 is 4.74 Å². The summed E-state index contributed by atoms with van der Waals surface area (Å²) in [6, 6.07) is 15.3. The standard InChI is InChI=1S/C20H20N2O/c1-15-13-17(22-9-11-23-12-10-22)5-6-18(15)20-4-2-3-16-14-21-8-7-19(16)20/h2-8,13-14H,9-12H2,1H3. The highest BCUT2D eigenvalue weighted by atomic mass is 16.5. The molecule has 3 heteroatoms. The number of rotatable bonds is 2. The normalized spacial score (nSPS) is 15.1. The van der Waals surface area contributed by atoms with Gasteiger partial charge in [0.1, 0.15) is 0 Å². The lowest BCUT2D eigenvalue weighted by Crippen LogP contribution is -2.36. The number of hydrogen-bond donors (Lipinski definition) is 0. The molecule has 0 spiro atoms. The monoisotopic (exact) mass is 304 g/mol. The molecule has 0 saturated carbocycles. The summed E-state index contributed by atoms with van der Waals surface area (Å²) in [7, 11) is 0. The maximum Gasteiger partial charge on any atom is 0.0642 e. The summed E-state index contributed by atoms with van der Waals surface area (Å²) in [4.78, 5) is 6.62. The third kappa shape index (κ3) is 2.68. The average Bonchev–Trinajstić information content (AvgIpc) is 2.62. The van der Waals surface area contributed by atoms with Gasteiger partial charge in [-0.1, -0.05) is 24.3 Å². The van der Waals surface area contributed by atoms with Gasteiger partial charge in [-0.05, 0) is 47.2 Å². The molecule has 1 saturated heterocycles. The zero-order chi connectivity index (χ0) is 15.6. The zero-order valence-corrected chi connectivity index (χ0v) is 13.3. The fourth-order valence-electron chi connectivity index (χ4n) is 3.33. The van der Waals surface area contributed by atoms with E-state index < -0.39 is 0 Å². The molecule has 1 fully saturated rings. The molecule has 0 amide bonds. The molecule has 1 aliphatic rings. The van der Waals surface area contributed by atoms with Gasteiger partial charge in [0.05, 0.1) is 13.2 Å². The Bertz CT molecular complexity index is 833. The number of pyridine rings is 1. The van der Waals surface area contributed by atoms with E-state index in [4.69, 9.17) is 4.74 Å². The number of ether oxygens (including phenoxy) is 1. The third-order valence-electron chi connectivity index (χ3n) is 4.56. The Hall–Kier alpha value is -2.39. The summed E-state index contributed by atoms with van der Waals surface area (Å²) < 4.78 is 5.45. The maximum absolute atomic E-state index is 5.45. The van der Waals surface area contributed by atoms with E-state index in [2.05, 4.69) is 59.3 Å². The smallest absolute Gasteiger partial charge is 0.0642 e. The van der Waals surface area contributed by atoms with Crippen LogP contribution in [0.1, 0.15) is 5.56 Å². The number of fused-ring (bicyclic) bond motifs is 1. The van der Waals surface area contributed by atoms with E-state index in [1.54, 1.807) is 0 Å². The minimum absolute atomic E-state index is 0.817. The van der Waals surface area contributed by atoms with Crippen LogP contribution in [0.3, 0.4) is 0 Å². The molecule has 0 aliphatic carbocycles. The largest absolute Gasteiger partial charge is 0.378 e. The molecule has 0 N–H and O–H groups in total. The van der Waals surface area contributed by atoms with Crippen molar-refractivity contribution in [2.75, 3.05) is 31.2 Å². The van der Waals surface area contributed by atoms with Crippen LogP contribution < -0.4 is 4.90 Å². The second-order valence-electron chi connectivity index (χ2n) is 6.00. The van der Waals surface area contributed by atoms with Crippen LogP contribution in [0.15, 0.2) is 54.9 Å². The molecule has 4 rings (SSSR count). The van der Waals surface area contributed by atoms with Crippen LogP contribution in [-0.4, -0.2) is 31.3 Å². The van der Waals surface area contributed by atoms with E-state index >= 15 is 0 Å². The van der Waals surface area contributed by atoms with Crippen molar-refractivity contribution in [1.82, 2.24) is 4.98 Å². The highest BCUT2D eigenvalue weighted by Gasteiger charge is 2.13. The molecule has 2 heterocycles. The van der Waals surface area contributed by atoms with E-state index in [1.807, 2.05) is 12.4 Å². The Morgan fingerprint density at radius 1 is 1.00 bits per heavy atom. The molecule has 3 aromatic rings. The molecule has 0 bridgehead atoms. The van der Waals surface area contributed by atoms with Crippen molar-refractivity contribution in [3.63, 3.8) is 0 Å². The SMILES string of the molecule is Cc1cc(N2CCOCC2)ccc1-c1cccc2cnccc12. The molecule has 23 heavy (non-hydrogen) atoms. The van der Waals surface area contributed by atoms with E-state index in [0.717, 1.165) is 26.3 Å². The average molecular weight is 304 g/mol. The van der Waals surface area contributed by atoms with Crippen molar-refractivity contribution in [1.29, 1.82) is 0 Å². The van der Waals surface area contributed by atoms with Crippen molar-refractivity contribution in [2.24, 2.45) is 0 Å². The van der Waals surface area contributed by atoms with Crippen LogP contribution in [-0.2, 0) is 4.74 Å². The van der Waals surface area contributed by atoms with Crippen LogP contribution in [0.25, 0.3) is 21.9 Å². The van der Waals surface area contributed by atoms with Crippen molar-refractivity contribution >= 4 is 16.5 Å². The van der Waals surface area contributed by atoms with Gasteiger partial charge in [0.2, 0.25) is 0 Å². The zero-order valence-electron chi connectivity index (χ0n) is 13.3. The highest BCUT2D eigenvalue weighted by molar-refractivity contribution is 5.97. The molecule has 2 aromatic carbocycles. The molecule has 0 radical (unpaired) electrons. The van der Waals surface area contributed by atoms with Gasteiger partial charge >= 0.3 is 0 Å². The predicted octanol–water partition coefficient (Wildman–Crippen LogP) is 4.05. The lowest BCUT2D eigenvalue weighted by Gasteiger charge is -2.29. The van der Waals surface area contributed by atoms with E-state index in [1.165, 1.54) is 33.2 Å². The molecule has 1 aliphatic heterocycles. The van der Waals surface area contributed by atoms with Gasteiger partial charge in [0, 0.05) is 36.6 Å². The molecule has 0 atom stereocenters. The minimum Gasteiger partial charge on any atom is -0.378 e. The number of morpholine rings is 1. The summed E-state index contributed by atoms with van der Waals surface area (Å²) in [5.74, 6) is 0. The highest BCUT2D eigenvalue weighted by Crippen LogP contribution is 2.32. The van der Waals surface area contributed by atoms with Crippen LogP contribution in [0, 0.1) is 6.92 Å². The lowest BCUT2D eigenvalue weighted by atomic mass is 9.95. The Morgan fingerprint density at radius 2 is 1.87 bits per heavy atom. The van der Waals surface area contributed by atoms with E-state index in [-0.39, 0.29) is 0 Å². The summed E-state index contributed by atoms with van der Waals surface area (Å²) in [5.41, 5.74) is 5.16. The van der Waals surface area contributed by atoms with Gasteiger partial charge in [-0.3, -0.25) is 4.98 Å². The van der Waals surface area contributed by atoms with Gasteiger partial charge in [0.15, 0.2) is 0 Å². The van der Waals surface area contributed by atoms with Crippen LogP contribution in [0.2, 0.25) is 0 Å². The Morgan fingerprint density at radius 3 is 2.70 bits per heavy atom. The van der Waals surface area contributed by atoms with Crippen molar-refractivity contribution in [2.45, 2.75) is 6.92 Å². The molecule has 1 aromatic heterocycles. The maximum atomic E-state index is 5.45. The first-order valence-electron chi connectivity index (χ1n) is 8.09. The number of benzene rings is 2. The summed E-state index contributed by atoms with van der Waals surface area (Å²) in [5, 5.41) is 2.44. The van der Waals surface area contributed by atoms with E-state index in [0.29, 0.717) is 0 Å². The van der Waals surface area contributed by atoms with Gasteiger partial charge < -0.3 is 9.64 Å². The topological polar surface area (TPSA) is 25.4 Å². The van der Waals surface area contributed by atoms with Crippen LogP contribution >= 0.6 is 0 Å². The van der Waals surface area contributed by atoms with Crippen molar-refractivity contribution in [3.05, 3.63) is 60.4 Å². The molecule has 0 unspecified atom stereocenters. The summed E-state index contributed by atoms with van der Waals surface area (Å²) in [6.07, 6.45) is 3.79. The molecular weight excluding hydrogens is 284 g/mol. The Kier molecular flexibility index (Phi) is 3.72. The van der Waals surface area contributed by atoms with E-state index in [9.17, 15) is 0 Å². The fourth-order valence-corrected chi connectivity index (χ4v) is 3.33. The number of nitrogens with zero attached hydrogens (tertiary/aromatic N) is 2. The second-order valence-corrected chi connectivity index (χ2v) is 6.00. The third-order valence-corrected chi connectivity index (χ3v) is 4.56. The number of aromatic nitrogens is 1. The predicted molar refractivity (Wildman–Crippen MR) is 94.9 cm³/mol. The quantitative estimate of drug-likeness (QED) is 0.714. The number of anilines is 1. The first kappa shape index (κ1) is 14.2. The Labute approximate surface area is 136 Å². The molecule has 116 valence electrons. The number of aryl methyl sites for hydroxylation is 1. The van der Waals surface area contributed by atoms with Gasteiger partial charge in [-0.25, -0.2) is 0 Å². The summed E-state index contributed by atoms with van der Waals surface area (Å²) in [6.45, 7) is 5.77. The second kappa shape index (κ2) is 6.01.